The molecule has 1 aromatic carbocycles. The second kappa shape index (κ2) is 7.70. The molecule has 25 heavy (non-hydrogen) atoms. The lowest BCUT2D eigenvalue weighted by molar-refractivity contribution is 0.0575. The number of nitrogens with one attached hydrogen (secondary N) is 1. The molecule has 0 radical (unpaired) electrons. The van der Waals surface area contributed by atoms with Gasteiger partial charge in [-0.25, -0.2) is 9.78 Å². The number of aliphatic hydroxyl groups is 1. The van der Waals surface area contributed by atoms with Gasteiger partial charge >= 0.3 is 6.03 Å². The van der Waals surface area contributed by atoms with Crippen LogP contribution in [0.1, 0.15) is 31.4 Å². The normalized spacial score (nSPS) is 20.3. The van der Waals surface area contributed by atoms with Gasteiger partial charge in [-0.15, -0.1) is 0 Å². The minimum atomic E-state index is -0.305. The van der Waals surface area contributed by atoms with E-state index in [1.54, 1.807) is 18.1 Å². The molecule has 1 saturated carbocycles. The first-order valence-corrected chi connectivity index (χ1v) is 8.76. The molecule has 1 aliphatic rings. The Kier molecular flexibility index (Phi) is 5.38. The molecule has 1 aromatic heterocycles. The Balaban J connectivity index is 1.62. The number of rotatable bonds is 4. The summed E-state index contributed by atoms with van der Waals surface area (Å²) in [6.45, 7) is 2.41. The summed E-state index contributed by atoms with van der Waals surface area (Å²) in [6, 6.07) is 7.24. The van der Waals surface area contributed by atoms with Crippen molar-refractivity contribution in [3.63, 3.8) is 0 Å². The van der Waals surface area contributed by atoms with Crippen LogP contribution in [0.4, 0.5) is 10.5 Å². The molecule has 0 bridgehead atoms. The van der Waals surface area contributed by atoms with Crippen molar-refractivity contribution in [3.8, 4) is 11.5 Å². The average molecular weight is 343 g/mol. The lowest BCUT2D eigenvalue weighted by Crippen LogP contribution is -2.40. The number of amides is 2. The molecule has 6 heteroatoms. The van der Waals surface area contributed by atoms with E-state index in [0.717, 1.165) is 37.0 Å². The highest BCUT2D eigenvalue weighted by Crippen LogP contribution is 2.25. The van der Waals surface area contributed by atoms with Crippen LogP contribution in [-0.4, -0.2) is 40.7 Å². The van der Waals surface area contributed by atoms with Gasteiger partial charge in [-0.3, -0.25) is 0 Å². The van der Waals surface area contributed by atoms with Gasteiger partial charge in [0.2, 0.25) is 5.89 Å². The molecule has 134 valence electrons. The van der Waals surface area contributed by atoms with Crippen LogP contribution in [-0.2, 0) is 0 Å². The molecule has 1 heterocycles. The van der Waals surface area contributed by atoms with Gasteiger partial charge < -0.3 is 19.7 Å². The minimum Gasteiger partial charge on any atom is -0.441 e. The number of carbonyl (C=O) groups is 1. The van der Waals surface area contributed by atoms with Crippen molar-refractivity contribution in [2.45, 2.75) is 38.7 Å². The van der Waals surface area contributed by atoms with Crippen molar-refractivity contribution in [2.75, 3.05) is 18.9 Å². The standard InChI is InChI=1S/C19H25N3O3/c1-13-11-20-18(25-13)14-7-5-8-16(10-14)21-19(24)22(2)12-15-6-3-4-9-17(15)23/h5,7-8,10-11,15,17,23H,3-4,6,9,12H2,1-2H3,(H,21,24). The van der Waals surface area contributed by atoms with Crippen molar-refractivity contribution >= 4 is 11.7 Å². The van der Waals surface area contributed by atoms with Crippen LogP contribution in [0.15, 0.2) is 34.9 Å². The Labute approximate surface area is 147 Å². The van der Waals surface area contributed by atoms with Gasteiger partial charge in [-0.05, 0) is 38.0 Å². The van der Waals surface area contributed by atoms with Gasteiger partial charge in [0, 0.05) is 30.8 Å². The number of aliphatic hydroxyl groups excluding tert-OH is 1. The first-order chi connectivity index (χ1) is 12.0. The third-order valence-electron chi connectivity index (χ3n) is 4.71. The van der Waals surface area contributed by atoms with E-state index < -0.39 is 0 Å². The van der Waals surface area contributed by atoms with Crippen molar-refractivity contribution in [1.82, 2.24) is 9.88 Å². The van der Waals surface area contributed by atoms with Gasteiger partial charge in [0.1, 0.15) is 5.76 Å². The monoisotopic (exact) mass is 343 g/mol. The fourth-order valence-corrected chi connectivity index (χ4v) is 3.27. The second-order valence-electron chi connectivity index (χ2n) is 6.78. The van der Waals surface area contributed by atoms with Crippen LogP contribution < -0.4 is 5.32 Å². The number of hydrogen-bond acceptors (Lipinski definition) is 4. The van der Waals surface area contributed by atoms with E-state index in [-0.39, 0.29) is 18.1 Å². The van der Waals surface area contributed by atoms with E-state index in [9.17, 15) is 9.90 Å². The van der Waals surface area contributed by atoms with Gasteiger partial charge in [0.05, 0.1) is 12.3 Å². The molecule has 1 aliphatic carbocycles. The Bertz CT molecular complexity index is 728. The van der Waals surface area contributed by atoms with E-state index in [1.165, 1.54) is 0 Å². The summed E-state index contributed by atoms with van der Waals surface area (Å²) in [4.78, 5) is 18.3. The van der Waals surface area contributed by atoms with Crippen LogP contribution in [0.5, 0.6) is 0 Å². The number of nitrogens with zero attached hydrogens (tertiary/aromatic N) is 2. The third-order valence-corrected chi connectivity index (χ3v) is 4.71. The highest BCUT2D eigenvalue weighted by atomic mass is 16.4. The summed E-state index contributed by atoms with van der Waals surface area (Å²) >= 11 is 0. The Hall–Kier alpha value is -2.34. The molecule has 3 rings (SSSR count). The zero-order valence-electron chi connectivity index (χ0n) is 14.7. The van der Waals surface area contributed by atoms with Crippen LogP contribution in [0.3, 0.4) is 0 Å². The first-order valence-electron chi connectivity index (χ1n) is 8.76. The fraction of sp³-hybridized carbons (Fsp3) is 0.474. The number of aryl methyl sites for hydroxylation is 1. The number of carbonyl (C=O) groups excluding carboxylic acids is 1. The minimum absolute atomic E-state index is 0.158. The third kappa shape index (κ3) is 4.39. The molecule has 0 spiro atoms. The predicted molar refractivity (Wildman–Crippen MR) is 96.3 cm³/mol. The van der Waals surface area contributed by atoms with Gasteiger partial charge in [0.25, 0.3) is 0 Å². The smallest absolute Gasteiger partial charge is 0.321 e. The fourth-order valence-electron chi connectivity index (χ4n) is 3.27. The molecule has 0 saturated heterocycles. The molecule has 2 aromatic rings. The maximum atomic E-state index is 12.4. The topological polar surface area (TPSA) is 78.6 Å². The summed E-state index contributed by atoms with van der Waals surface area (Å²) in [7, 11) is 1.76. The molecular weight excluding hydrogens is 318 g/mol. The lowest BCUT2D eigenvalue weighted by Gasteiger charge is -2.31. The Morgan fingerprint density at radius 3 is 2.92 bits per heavy atom. The van der Waals surface area contributed by atoms with Crippen LogP contribution >= 0.6 is 0 Å². The lowest BCUT2D eigenvalue weighted by atomic mass is 9.86. The van der Waals surface area contributed by atoms with Gasteiger partial charge in [-0.2, -0.15) is 0 Å². The summed E-state index contributed by atoms with van der Waals surface area (Å²) in [5, 5.41) is 13.0. The Morgan fingerprint density at radius 1 is 1.40 bits per heavy atom. The Morgan fingerprint density at radius 2 is 2.20 bits per heavy atom. The number of anilines is 1. The van der Waals surface area contributed by atoms with Gasteiger partial charge in [-0.1, -0.05) is 18.9 Å². The quantitative estimate of drug-likeness (QED) is 0.888. The van der Waals surface area contributed by atoms with E-state index >= 15 is 0 Å². The summed E-state index contributed by atoms with van der Waals surface area (Å²) in [6.07, 6.45) is 5.36. The number of aromatic nitrogens is 1. The SMILES string of the molecule is Cc1cnc(-c2cccc(NC(=O)N(C)CC3CCCCC3O)c2)o1. The van der Waals surface area contributed by atoms with E-state index in [2.05, 4.69) is 10.3 Å². The zero-order valence-corrected chi connectivity index (χ0v) is 14.7. The van der Waals surface area contributed by atoms with Crippen molar-refractivity contribution in [2.24, 2.45) is 5.92 Å². The summed E-state index contributed by atoms with van der Waals surface area (Å²) < 4.78 is 5.53. The molecule has 0 aliphatic heterocycles. The van der Waals surface area contributed by atoms with Crippen molar-refractivity contribution < 1.29 is 14.3 Å². The molecular formula is C19H25N3O3. The zero-order chi connectivity index (χ0) is 17.8. The van der Waals surface area contributed by atoms with E-state index in [1.807, 2.05) is 31.2 Å². The second-order valence-corrected chi connectivity index (χ2v) is 6.78. The maximum Gasteiger partial charge on any atom is 0.321 e. The molecule has 1 fully saturated rings. The van der Waals surface area contributed by atoms with E-state index in [0.29, 0.717) is 18.1 Å². The van der Waals surface area contributed by atoms with Crippen LogP contribution in [0.25, 0.3) is 11.5 Å². The van der Waals surface area contributed by atoms with Gasteiger partial charge in [0.15, 0.2) is 0 Å². The van der Waals surface area contributed by atoms with E-state index in [4.69, 9.17) is 4.42 Å². The molecule has 2 atom stereocenters. The maximum absolute atomic E-state index is 12.4. The molecule has 2 amide bonds. The molecule has 6 nitrogen and oxygen atoms in total. The number of oxazole rings is 1. The number of benzene rings is 1. The molecule has 2 unspecified atom stereocenters. The predicted octanol–water partition coefficient (Wildman–Crippen LogP) is 3.66. The average Bonchev–Trinajstić information content (AvgIpc) is 3.03. The largest absolute Gasteiger partial charge is 0.441 e. The summed E-state index contributed by atoms with van der Waals surface area (Å²) in [5.41, 5.74) is 1.51. The highest BCUT2D eigenvalue weighted by molar-refractivity contribution is 5.89. The first kappa shape index (κ1) is 17.5. The van der Waals surface area contributed by atoms with Crippen LogP contribution in [0.2, 0.25) is 0 Å². The van der Waals surface area contributed by atoms with Crippen molar-refractivity contribution in [3.05, 3.63) is 36.2 Å². The summed E-state index contributed by atoms with van der Waals surface area (Å²) in [5.74, 6) is 1.44. The highest BCUT2D eigenvalue weighted by Gasteiger charge is 2.25. The number of hydrogen-bond donors (Lipinski definition) is 2. The number of urea groups is 1. The molecule has 2 N–H and O–H groups in total. The van der Waals surface area contributed by atoms with Crippen LogP contribution in [0, 0.1) is 12.8 Å². The van der Waals surface area contributed by atoms with Crippen molar-refractivity contribution in [1.29, 1.82) is 0 Å².